The number of hydrogen-bond acceptors (Lipinski definition) is 4. The lowest BCUT2D eigenvalue weighted by molar-refractivity contribution is 0.250. The molecular weight excluding hydrogens is 276 g/mol. The van der Waals surface area contributed by atoms with Crippen LogP contribution in [0.5, 0.6) is 5.75 Å². The summed E-state index contributed by atoms with van der Waals surface area (Å²) < 4.78 is 32.0. The summed E-state index contributed by atoms with van der Waals surface area (Å²) in [7, 11) is -2.00. The third kappa shape index (κ3) is 2.97. The van der Waals surface area contributed by atoms with E-state index in [0.29, 0.717) is 24.8 Å². The monoisotopic (exact) mass is 298 g/mol. The minimum absolute atomic E-state index is 0.117. The third-order valence-electron chi connectivity index (χ3n) is 3.93. The van der Waals surface area contributed by atoms with Crippen molar-refractivity contribution in [2.45, 2.75) is 30.7 Å². The predicted octanol–water partition coefficient (Wildman–Crippen LogP) is 1.44. The lowest BCUT2D eigenvalue weighted by Crippen LogP contribution is -2.42. The Balaban J connectivity index is 2.20. The van der Waals surface area contributed by atoms with E-state index in [1.807, 2.05) is 6.92 Å². The number of piperidine rings is 1. The zero-order chi connectivity index (χ0) is 14.8. The Hall–Kier alpha value is -1.11. The first kappa shape index (κ1) is 15.3. The second-order valence-corrected chi connectivity index (χ2v) is 7.16. The van der Waals surface area contributed by atoms with E-state index >= 15 is 0 Å². The molecule has 2 rings (SSSR count). The van der Waals surface area contributed by atoms with Gasteiger partial charge in [-0.05, 0) is 37.8 Å². The van der Waals surface area contributed by atoms with Gasteiger partial charge >= 0.3 is 0 Å². The van der Waals surface area contributed by atoms with Crippen LogP contribution in [0.2, 0.25) is 0 Å². The van der Waals surface area contributed by atoms with E-state index in [1.165, 1.54) is 11.4 Å². The van der Waals surface area contributed by atoms with Gasteiger partial charge in [-0.15, -0.1) is 0 Å². The van der Waals surface area contributed by atoms with Gasteiger partial charge in [0.15, 0.2) is 0 Å². The summed E-state index contributed by atoms with van der Waals surface area (Å²) in [5.41, 5.74) is 5.89. The van der Waals surface area contributed by atoms with Crippen LogP contribution in [0.15, 0.2) is 29.2 Å². The molecule has 1 aromatic rings. The van der Waals surface area contributed by atoms with Crippen molar-refractivity contribution in [1.29, 1.82) is 0 Å². The molecule has 1 aromatic carbocycles. The van der Waals surface area contributed by atoms with Crippen LogP contribution < -0.4 is 10.5 Å². The van der Waals surface area contributed by atoms with Crippen molar-refractivity contribution in [3.8, 4) is 5.75 Å². The van der Waals surface area contributed by atoms with E-state index in [2.05, 4.69) is 0 Å². The quantitative estimate of drug-likeness (QED) is 0.913. The number of methoxy groups -OCH3 is 1. The molecule has 0 bridgehead atoms. The van der Waals surface area contributed by atoms with Gasteiger partial charge in [-0.2, -0.15) is 4.31 Å². The molecule has 0 radical (unpaired) electrons. The van der Waals surface area contributed by atoms with E-state index in [4.69, 9.17) is 10.5 Å². The standard InChI is InChI=1S/C14H22N2O3S/c1-11(15)12-7-9-16(10-8-12)20(17,18)14-6-4-3-5-13(14)19-2/h3-6,11-12H,7-10,15H2,1-2H3. The average molecular weight is 298 g/mol. The molecule has 0 amide bonds. The first-order chi connectivity index (χ1) is 9.46. The van der Waals surface area contributed by atoms with Crippen LogP contribution in [0.3, 0.4) is 0 Å². The number of ether oxygens (including phenoxy) is 1. The van der Waals surface area contributed by atoms with Crippen molar-refractivity contribution in [3.63, 3.8) is 0 Å². The highest BCUT2D eigenvalue weighted by Crippen LogP contribution is 2.29. The fraction of sp³-hybridized carbons (Fsp3) is 0.571. The molecule has 0 saturated carbocycles. The molecule has 1 atom stereocenters. The molecule has 1 saturated heterocycles. The second kappa shape index (κ2) is 6.11. The zero-order valence-corrected chi connectivity index (χ0v) is 12.8. The smallest absolute Gasteiger partial charge is 0.246 e. The lowest BCUT2D eigenvalue weighted by atomic mass is 9.92. The molecule has 1 heterocycles. The number of nitrogens with two attached hydrogens (primary N) is 1. The van der Waals surface area contributed by atoms with Gasteiger partial charge in [0, 0.05) is 19.1 Å². The number of nitrogens with zero attached hydrogens (tertiary/aromatic N) is 1. The number of rotatable bonds is 4. The van der Waals surface area contributed by atoms with Crippen molar-refractivity contribution in [1.82, 2.24) is 4.31 Å². The second-order valence-electron chi connectivity index (χ2n) is 5.25. The predicted molar refractivity (Wildman–Crippen MR) is 78.1 cm³/mol. The lowest BCUT2D eigenvalue weighted by Gasteiger charge is -2.33. The molecule has 0 aliphatic carbocycles. The third-order valence-corrected chi connectivity index (χ3v) is 5.87. The van der Waals surface area contributed by atoms with Crippen molar-refractivity contribution >= 4 is 10.0 Å². The topological polar surface area (TPSA) is 72.6 Å². The van der Waals surface area contributed by atoms with Gasteiger partial charge < -0.3 is 10.5 Å². The summed E-state index contributed by atoms with van der Waals surface area (Å²) in [6.07, 6.45) is 1.62. The average Bonchev–Trinajstić information content (AvgIpc) is 2.47. The normalized spacial score (nSPS) is 19.8. The van der Waals surface area contributed by atoms with Crippen LogP contribution in [-0.4, -0.2) is 39.0 Å². The molecule has 1 fully saturated rings. The molecule has 0 aromatic heterocycles. The minimum Gasteiger partial charge on any atom is -0.495 e. The van der Waals surface area contributed by atoms with Crippen molar-refractivity contribution < 1.29 is 13.2 Å². The maximum atomic E-state index is 12.7. The number of hydrogen-bond donors (Lipinski definition) is 1. The van der Waals surface area contributed by atoms with Crippen LogP contribution in [0.4, 0.5) is 0 Å². The molecule has 2 N–H and O–H groups in total. The Morgan fingerprint density at radius 1 is 1.30 bits per heavy atom. The molecule has 1 unspecified atom stereocenters. The van der Waals surface area contributed by atoms with Crippen LogP contribution in [0.1, 0.15) is 19.8 Å². The maximum absolute atomic E-state index is 12.7. The van der Waals surface area contributed by atoms with Crippen molar-refractivity contribution in [3.05, 3.63) is 24.3 Å². The maximum Gasteiger partial charge on any atom is 0.246 e. The minimum atomic E-state index is -3.49. The SMILES string of the molecule is COc1ccccc1S(=O)(=O)N1CCC(C(C)N)CC1. The fourth-order valence-electron chi connectivity index (χ4n) is 2.61. The van der Waals surface area contributed by atoms with E-state index in [-0.39, 0.29) is 10.9 Å². The van der Waals surface area contributed by atoms with Gasteiger partial charge in [0.05, 0.1) is 7.11 Å². The van der Waals surface area contributed by atoms with Crippen molar-refractivity contribution in [2.24, 2.45) is 11.7 Å². The zero-order valence-electron chi connectivity index (χ0n) is 12.0. The Kier molecular flexibility index (Phi) is 4.67. The number of sulfonamides is 1. The Morgan fingerprint density at radius 3 is 2.45 bits per heavy atom. The van der Waals surface area contributed by atoms with Crippen LogP contribution in [0.25, 0.3) is 0 Å². The van der Waals surface area contributed by atoms with Gasteiger partial charge in [-0.1, -0.05) is 12.1 Å². The molecule has 20 heavy (non-hydrogen) atoms. The van der Waals surface area contributed by atoms with Crippen LogP contribution in [-0.2, 0) is 10.0 Å². The molecule has 112 valence electrons. The van der Waals surface area contributed by atoms with Gasteiger partial charge in [0.1, 0.15) is 10.6 Å². The molecular formula is C14H22N2O3S. The Bertz CT molecular complexity index is 549. The summed E-state index contributed by atoms with van der Waals surface area (Å²) in [5, 5.41) is 0. The van der Waals surface area contributed by atoms with Crippen molar-refractivity contribution in [2.75, 3.05) is 20.2 Å². The fourth-order valence-corrected chi connectivity index (χ4v) is 4.24. The van der Waals surface area contributed by atoms with E-state index < -0.39 is 10.0 Å². The molecule has 0 spiro atoms. The molecule has 5 nitrogen and oxygen atoms in total. The highest BCUT2D eigenvalue weighted by atomic mass is 32.2. The molecule has 6 heteroatoms. The highest BCUT2D eigenvalue weighted by molar-refractivity contribution is 7.89. The first-order valence-corrected chi connectivity index (χ1v) is 8.29. The van der Waals surface area contributed by atoms with Gasteiger partial charge in [-0.25, -0.2) is 8.42 Å². The first-order valence-electron chi connectivity index (χ1n) is 6.85. The van der Waals surface area contributed by atoms with Gasteiger partial charge in [0.2, 0.25) is 10.0 Å². The van der Waals surface area contributed by atoms with Crippen LogP contribution in [0, 0.1) is 5.92 Å². The Labute approximate surface area is 120 Å². The summed E-state index contributed by atoms with van der Waals surface area (Å²) in [5.74, 6) is 0.793. The Morgan fingerprint density at radius 2 is 1.90 bits per heavy atom. The van der Waals surface area contributed by atoms with Crippen LogP contribution >= 0.6 is 0 Å². The van der Waals surface area contributed by atoms with E-state index in [0.717, 1.165) is 12.8 Å². The summed E-state index contributed by atoms with van der Waals surface area (Å²) in [6, 6.07) is 6.85. The molecule has 1 aliphatic heterocycles. The number of benzene rings is 1. The largest absolute Gasteiger partial charge is 0.495 e. The van der Waals surface area contributed by atoms with Gasteiger partial charge in [0.25, 0.3) is 0 Å². The van der Waals surface area contributed by atoms with E-state index in [9.17, 15) is 8.42 Å². The summed E-state index contributed by atoms with van der Waals surface area (Å²) in [6.45, 7) is 3.02. The van der Waals surface area contributed by atoms with Gasteiger partial charge in [-0.3, -0.25) is 0 Å². The van der Waals surface area contributed by atoms with E-state index in [1.54, 1.807) is 24.3 Å². The number of para-hydroxylation sites is 1. The summed E-state index contributed by atoms with van der Waals surface area (Å²) in [4.78, 5) is 0.238. The molecule has 1 aliphatic rings. The summed E-state index contributed by atoms with van der Waals surface area (Å²) >= 11 is 0. The highest BCUT2D eigenvalue weighted by Gasteiger charge is 2.32.